The normalized spacial score (nSPS) is 26.9. The van der Waals surface area contributed by atoms with Crippen molar-refractivity contribution in [1.82, 2.24) is 0 Å². The predicted octanol–water partition coefficient (Wildman–Crippen LogP) is 1.66. The molecule has 0 aromatic heterocycles. The van der Waals surface area contributed by atoms with Crippen LogP contribution < -0.4 is 0 Å². The highest BCUT2D eigenvalue weighted by atomic mass is 16.5. The van der Waals surface area contributed by atoms with E-state index in [1.165, 1.54) is 5.57 Å². The van der Waals surface area contributed by atoms with Crippen LogP contribution in [0.25, 0.3) is 0 Å². The van der Waals surface area contributed by atoms with Gasteiger partial charge in [0, 0.05) is 0 Å². The predicted molar refractivity (Wildman–Crippen MR) is 53.7 cm³/mol. The molecule has 0 amide bonds. The number of allylic oxidation sites excluding steroid dienone is 1. The van der Waals surface area contributed by atoms with Gasteiger partial charge in [0.1, 0.15) is 0 Å². The fraction of sp³-hybridized carbons (Fsp3) is 0.727. The Morgan fingerprint density at radius 1 is 1.71 bits per heavy atom. The molecule has 0 radical (unpaired) electrons. The zero-order chi connectivity index (χ0) is 10.6. The molecule has 1 rings (SSSR count). The monoisotopic (exact) mass is 198 g/mol. The van der Waals surface area contributed by atoms with Crippen molar-refractivity contribution in [3.8, 4) is 0 Å². The van der Waals surface area contributed by atoms with Gasteiger partial charge in [-0.25, -0.2) is 0 Å². The fourth-order valence-electron chi connectivity index (χ4n) is 1.75. The molecule has 0 spiro atoms. The van der Waals surface area contributed by atoms with E-state index >= 15 is 0 Å². The minimum atomic E-state index is -0.479. The lowest BCUT2D eigenvalue weighted by Crippen LogP contribution is -2.25. The number of aliphatic hydroxyl groups excluding tert-OH is 1. The van der Waals surface area contributed by atoms with Gasteiger partial charge in [-0.05, 0) is 32.6 Å². The van der Waals surface area contributed by atoms with Crippen molar-refractivity contribution < 1.29 is 14.6 Å². The van der Waals surface area contributed by atoms with Gasteiger partial charge in [-0.2, -0.15) is 0 Å². The molecule has 0 aromatic rings. The number of rotatable bonds is 3. The van der Waals surface area contributed by atoms with Gasteiger partial charge >= 0.3 is 5.97 Å². The molecule has 1 aliphatic carbocycles. The standard InChI is InChI=1S/C11H18O3/c1-3-14-11(13)7-9-5-4-8(2)6-10(9)12/h6,9-10,12H,3-5,7H2,1-2H3. The molecule has 80 valence electrons. The van der Waals surface area contributed by atoms with Crippen molar-refractivity contribution in [2.45, 2.75) is 39.2 Å². The largest absolute Gasteiger partial charge is 0.466 e. The first-order valence-corrected chi connectivity index (χ1v) is 5.14. The molecule has 14 heavy (non-hydrogen) atoms. The Balaban J connectivity index is 2.43. The fourth-order valence-corrected chi connectivity index (χ4v) is 1.75. The van der Waals surface area contributed by atoms with Crippen molar-refractivity contribution in [1.29, 1.82) is 0 Å². The summed E-state index contributed by atoms with van der Waals surface area (Å²) in [7, 11) is 0. The van der Waals surface area contributed by atoms with Crippen LogP contribution in [0.1, 0.15) is 33.1 Å². The Labute approximate surface area is 84.8 Å². The molecule has 1 N–H and O–H groups in total. The van der Waals surface area contributed by atoms with Crippen molar-refractivity contribution in [3.63, 3.8) is 0 Å². The SMILES string of the molecule is CCOC(=O)CC1CCC(C)=CC1O. The number of esters is 1. The number of carbonyl (C=O) groups excluding carboxylic acids is 1. The van der Waals surface area contributed by atoms with Crippen LogP contribution >= 0.6 is 0 Å². The van der Waals surface area contributed by atoms with E-state index in [-0.39, 0.29) is 11.9 Å². The summed E-state index contributed by atoms with van der Waals surface area (Å²) in [5.74, 6) is -0.165. The maximum Gasteiger partial charge on any atom is 0.306 e. The third kappa shape index (κ3) is 3.14. The van der Waals surface area contributed by atoms with Gasteiger partial charge in [0.25, 0.3) is 0 Å². The smallest absolute Gasteiger partial charge is 0.306 e. The minimum absolute atomic E-state index is 0.0396. The van der Waals surface area contributed by atoms with E-state index in [4.69, 9.17) is 4.74 Å². The molecular weight excluding hydrogens is 180 g/mol. The number of hydrogen-bond acceptors (Lipinski definition) is 3. The zero-order valence-electron chi connectivity index (χ0n) is 8.82. The summed E-state index contributed by atoms with van der Waals surface area (Å²) in [6.45, 7) is 4.21. The topological polar surface area (TPSA) is 46.5 Å². The molecule has 0 heterocycles. The summed E-state index contributed by atoms with van der Waals surface area (Å²) < 4.78 is 4.85. The van der Waals surface area contributed by atoms with Crippen molar-refractivity contribution in [3.05, 3.63) is 11.6 Å². The lowest BCUT2D eigenvalue weighted by Gasteiger charge is -2.24. The molecule has 1 aliphatic rings. The first-order chi connectivity index (χ1) is 6.63. The Hall–Kier alpha value is -0.830. The highest BCUT2D eigenvalue weighted by Crippen LogP contribution is 2.26. The van der Waals surface area contributed by atoms with Gasteiger partial charge in [0.2, 0.25) is 0 Å². The first kappa shape index (κ1) is 11.2. The van der Waals surface area contributed by atoms with Crippen LogP contribution in [0.3, 0.4) is 0 Å². The van der Waals surface area contributed by atoms with Gasteiger partial charge in [0.05, 0.1) is 19.1 Å². The molecule has 2 atom stereocenters. The highest BCUT2D eigenvalue weighted by Gasteiger charge is 2.24. The summed E-state index contributed by atoms with van der Waals surface area (Å²) in [6, 6.07) is 0. The maximum atomic E-state index is 11.2. The van der Waals surface area contributed by atoms with E-state index in [0.29, 0.717) is 13.0 Å². The van der Waals surface area contributed by atoms with Crippen LogP contribution in [0.2, 0.25) is 0 Å². The third-order valence-corrected chi connectivity index (χ3v) is 2.58. The Morgan fingerprint density at radius 2 is 2.43 bits per heavy atom. The molecule has 0 saturated carbocycles. The summed E-state index contributed by atoms with van der Waals surface area (Å²) in [6.07, 6.45) is 3.54. The summed E-state index contributed by atoms with van der Waals surface area (Å²) >= 11 is 0. The van der Waals surface area contributed by atoms with E-state index in [2.05, 4.69) is 0 Å². The molecule has 2 unspecified atom stereocenters. The van der Waals surface area contributed by atoms with Gasteiger partial charge in [-0.1, -0.05) is 11.6 Å². The van der Waals surface area contributed by atoms with Crippen LogP contribution in [0, 0.1) is 5.92 Å². The van der Waals surface area contributed by atoms with E-state index < -0.39 is 6.10 Å². The Bertz CT molecular complexity index is 233. The van der Waals surface area contributed by atoms with Gasteiger partial charge < -0.3 is 9.84 Å². The van der Waals surface area contributed by atoms with Crippen molar-refractivity contribution >= 4 is 5.97 Å². The molecule has 3 nitrogen and oxygen atoms in total. The van der Waals surface area contributed by atoms with E-state index in [9.17, 15) is 9.90 Å². The summed E-state index contributed by atoms with van der Waals surface area (Å²) in [5.41, 5.74) is 1.21. The minimum Gasteiger partial charge on any atom is -0.466 e. The average molecular weight is 198 g/mol. The molecule has 0 aromatic carbocycles. The van der Waals surface area contributed by atoms with Crippen molar-refractivity contribution in [2.75, 3.05) is 6.61 Å². The number of ether oxygens (including phenoxy) is 1. The Morgan fingerprint density at radius 3 is 3.00 bits per heavy atom. The molecule has 0 saturated heterocycles. The second kappa shape index (κ2) is 5.15. The van der Waals surface area contributed by atoms with E-state index in [1.54, 1.807) is 6.92 Å². The maximum absolute atomic E-state index is 11.2. The molecule has 0 aliphatic heterocycles. The molecule has 3 heteroatoms. The summed E-state index contributed by atoms with van der Waals surface area (Å²) in [5, 5.41) is 9.67. The van der Waals surface area contributed by atoms with Crippen LogP contribution in [0.4, 0.5) is 0 Å². The number of aliphatic hydroxyl groups is 1. The van der Waals surface area contributed by atoms with Gasteiger partial charge in [0.15, 0.2) is 0 Å². The Kier molecular flexibility index (Phi) is 4.14. The molecule has 0 bridgehead atoms. The van der Waals surface area contributed by atoms with E-state index in [0.717, 1.165) is 12.8 Å². The average Bonchev–Trinajstić information content (AvgIpc) is 2.10. The third-order valence-electron chi connectivity index (χ3n) is 2.58. The lowest BCUT2D eigenvalue weighted by molar-refractivity contribution is -0.145. The number of hydrogen-bond donors (Lipinski definition) is 1. The van der Waals surface area contributed by atoms with Crippen LogP contribution in [-0.2, 0) is 9.53 Å². The van der Waals surface area contributed by atoms with Gasteiger partial charge in [-0.15, -0.1) is 0 Å². The van der Waals surface area contributed by atoms with Crippen LogP contribution in [0.5, 0.6) is 0 Å². The second-order valence-electron chi connectivity index (χ2n) is 3.81. The first-order valence-electron chi connectivity index (χ1n) is 5.14. The quantitative estimate of drug-likeness (QED) is 0.554. The van der Waals surface area contributed by atoms with Gasteiger partial charge in [-0.3, -0.25) is 4.79 Å². The van der Waals surface area contributed by atoms with Crippen molar-refractivity contribution in [2.24, 2.45) is 5.92 Å². The second-order valence-corrected chi connectivity index (χ2v) is 3.81. The van der Waals surface area contributed by atoms with Crippen LogP contribution in [-0.4, -0.2) is 23.8 Å². The molecular formula is C11H18O3. The van der Waals surface area contributed by atoms with Crippen LogP contribution in [0.15, 0.2) is 11.6 Å². The zero-order valence-corrected chi connectivity index (χ0v) is 8.82. The van der Waals surface area contributed by atoms with E-state index in [1.807, 2.05) is 13.0 Å². The lowest BCUT2D eigenvalue weighted by atomic mass is 9.86. The summed E-state index contributed by atoms with van der Waals surface area (Å²) in [4.78, 5) is 11.2. The number of carbonyl (C=O) groups is 1. The molecule has 0 fully saturated rings. The highest BCUT2D eigenvalue weighted by molar-refractivity contribution is 5.69.